The summed E-state index contributed by atoms with van der Waals surface area (Å²) in [5.74, 6) is -0.793. The second-order valence-corrected chi connectivity index (χ2v) is 7.55. The van der Waals surface area contributed by atoms with E-state index in [1.807, 2.05) is 0 Å². The van der Waals surface area contributed by atoms with Crippen molar-refractivity contribution in [2.24, 2.45) is 0 Å². The van der Waals surface area contributed by atoms with Gasteiger partial charge < -0.3 is 14.2 Å². The highest BCUT2D eigenvalue weighted by molar-refractivity contribution is 7.90. The topological polar surface area (TPSA) is 115 Å². The fourth-order valence-corrected chi connectivity index (χ4v) is 3.41. The SMILES string of the molecule is O=C(NCCCc1nnc(S(=O)(=O)Cc2ccc(F)cc2)o1)c1ccco1. The molecule has 0 radical (unpaired) electrons. The van der Waals surface area contributed by atoms with Crippen molar-refractivity contribution in [2.45, 2.75) is 23.8 Å². The lowest BCUT2D eigenvalue weighted by molar-refractivity contribution is 0.0925. The highest BCUT2D eigenvalue weighted by Crippen LogP contribution is 2.16. The highest BCUT2D eigenvalue weighted by Gasteiger charge is 2.23. The summed E-state index contributed by atoms with van der Waals surface area (Å²) in [4.78, 5) is 11.7. The second-order valence-electron chi connectivity index (χ2n) is 5.68. The zero-order chi connectivity index (χ0) is 19.3. The molecule has 8 nitrogen and oxygen atoms in total. The van der Waals surface area contributed by atoms with Crippen LogP contribution in [0.25, 0.3) is 0 Å². The first-order chi connectivity index (χ1) is 12.9. The third-order valence-corrected chi connectivity index (χ3v) is 4.99. The van der Waals surface area contributed by atoms with Crippen LogP contribution >= 0.6 is 0 Å². The summed E-state index contributed by atoms with van der Waals surface area (Å²) < 4.78 is 47.7. The number of amides is 1. The van der Waals surface area contributed by atoms with Gasteiger partial charge in [-0.1, -0.05) is 17.2 Å². The smallest absolute Gasteiger partial charge is 0.335 e. The van der Waals surface area contributed by atoms with E-state index < -0.39 is 20.9 Å². The van der Waals surface area contributed by atoms with E-state index in [1.165, 1.54) is 30.5 Å². The molecule has 0 fully saturated rings. The maximum atomic E-state index is 12.9. The molecule has 142 valence electrons. The monoisotopic (exact) mass is 393 g/mol. The van der Waals surface area contributed by atoms with Crippen LogP contribution in [0.3, 0.4) is 0 Å². The van der Waals surface area contributed by atoms with Gasteiger partial charge in [0.05, 0.1) is 12.0 Å². The number of benzene rings is 1. The summed E-state index contributed by atoms with van der Waals surface area (Å²) >= 11 is 0. The molecule has 0 unspecified atom stereocenters. The highest BCUT2D eigenvalue weighted by atomic mass is 32.2. The van der Waals surface area contributed by atoms with Crippen LogP contribution in [-0.2, 0) is 22.0 Å². The van der Waals surface area contributed by atoms with E-state index in [4.69, 9.17) is 8.83 Å². The molecule has 0 saturated heterocycles. The zero-order valence-electron chi connectivity index (χ0n) is 14.1. The van der Waals surface area contributed by atoms with Crippen molar-refractivity contribution in [3.8, 4) is 0 Å². The zero-order valence-corrected chi connectivity index (χ0v) is 14.9. The number of aromatic nitrogens is 2. The molecule has 0 bridgehead atoms. The third kappa shape index (κ3) is 5.00. The van der Waals surface area contributed by atoms with Gasteiger partial charge in [0.25, 0.3) is 5.91 Å². The van der Waals surface area contributed by atoms with Gasteiger partial charge in [0.15, 0.2) is 5.76 Å². The number of nitrogens with one attached hydrogen (secondary N) is 1. The minimum atomic E-state index is -3.82. The predicted octanol–water partition coefficient (Wildman–Crippen LogP) is 2.14. The summed E-state index contributed by atoms with van der Waals surface area (Å²) in [6.07, 6.45) is 2.19. The van der Waals surface area contributed by atoms with Crippen molar-refractivity contribution in [3.63, 3.8) is 0 Å². The molecule has 10 heteroatoms. The molecule has 1 aromatic carbocycles. The van der Waals surface area contributed by atoms with Gasteiger partial charge in [-0.3, -0.25) is 4.79 Å². The molecule has 3 aromatic rings. The van der Waals surface area contributed by atoms with Crippen LogP contribution < -0.4 is 5.32 Å². The lowest BCUT2D eigenvalue weighted by atomic mass is 10.2. The Kier molecular flexibility index (Phi) is 5.65. The van der Waals surface area contributed by atoms with E-state index in [0.29, 0.717) is 24.9 Å². The number of rotatable bonds is 8. The van der Waals surface area contributed by atoms with Gasteiger partial charge >= 0.3 is 5.22 Å². The molecular formula is C17H16FN3O5S. The number of carbonyl (C=O) groups is 1. The van der Waals surface area contributed by atoms with E-state index in [-0.39, 0.29) is 23.3 Å². The normalized spacial score (nSPS) is 11.4. The van der Waals surface area contributed by atoms with Gasteiger partial charge in [-0.25, -0.2) is 12.8 Å². The third-order valence-electron chi connectivity index (χ3n) is 3.58. The maximum Gasteiger partial charge on any atom is 0.335 e. The van der Waals surface area contributed by atoms with Gasteiger partial charge in [0, 0.05) is 13.0 Å². The Bertz CT molecular complexity index is 998. The summed E-state index contributed by atoms with van der Waals surface area (Å²) in [6.45, 7) is 0.333. The lowest BCUT2D eigenvalue weighted by Crippen LogP contribution is -2.24. The van der Waals surface area contributed by atoms with Crippen LogP contribution in [0, 0.1) is 5.82 Å². The van der Waals surface area contributed by atoms with E-state index in [2.05, 4.69) is 15.5 Å². The molecule has 0 aliphatic rings. The maximum absolute atomic E-state index is 12.9. The van der Waals surface area contributed by atoms with Crippen LogP contribution in [-0.4, -0.2) is 31.1 Å². The largest absolute Gasteiger partial charge is 0.459 e. The Morgan fingerprint density at radius 2 is 1.93 bits per heavy atom. The number of hydrogen-bond donors (Lipinski definition) is 1. The molecular weight excluding hydrogens is 377 g/mol. The average molecular weight is 393 g/mol. The molecule has 0 atom stereocenters. The molecule has 3 rings (SSSR count). The number of halogens is 1. The van der Waals surface area contributed by atoms with Gasteiger partial charge in [0.1, 0.15) is 5.82 Å². The Morgan fingerprint density at radius 3 is 2.63 bits per heavy atom. The second kappa shape index (κ2) is 8.12. The van der Waals surface area contributed by atoms with Crippen molar-refractivity contribution < 1.29 is 26.4 Å². The first-order valence-electron chi connectivity index (χ1n) is 8.05. The Morgan fingerprint density at radius 1 is 1.15 bits per heavy atom. The molecule has 1 amide bonds. The van der Waals surface area contributed by atoms with E-state index in [1.54, 1.807) is 12.1 Å². The van der Waals surface area contributed by atoms with E-state index in [0.717, 1.165) is 0 Å². The minimum absolute atomic E-state index is 0.153. The molecule has 0 saturated carbocycles. The molecule has 0 aliphatic heterocycles. The quantitative estimate of drug-likeness (QED) is 0.583. The van der Waals surface area contributed by atoms with Crippen molar-refractivity contribution in [1.82, 2.24) is 15.5 Å². The van der Waals surface area contributed by atoms with Crippen molar-refractivity contribution in [3.05, 3.63) is 65.7 Å². The van der Waals surface area contributed by atoms with Crippen LogP contribution in [0.5, 0.6) is 0 Å². The van der Waals surface area contributed by atoms with Crippen molar-refractivity contribution in [2.75, 3.05) is 6.54 Å². The standard InChI is InChI=1S/C17H16FN3O5S/c18-13-7-5-12(6-8-13)11-27(23,24)17-21-20-15(26-17)4-1-9-19-16(22)14-3-2-10-25-14/h2-3,5-8,10H,1,4,9,11H2,(H,19,22). The molecule has 2 heterocycles. The van der Waals surface area contributed by atoms with Gasteiger partial charge in [0.2, 0.25) is 15.7 Å². The summed E-state index contributed by atoms with van der Waals surface area (Å²) in [6, 6.07) is 8.28. The summed E-state index contributed by atoms with van der Waals surface area (Å²) in [7, 11) is -3.82. The van der Waals surface area contributed by atoms with Crippen LogP contribution in [0.1, 0.15) is 28.4 Å². The Labute approximate surface area is 154 Å². The minimum Gasteiger partial charge on any atom is -0.459 e. The Balaban J connectivity index is 1.51. The summed E-state index contributed by atoms with van der Waals surface area (Å²) in [5.41, 5.74) is 0.414. The Hall–Kier alpha value is -3.01. The molecule has 0 spiro atoms. The number of sulfone groups is 1. The number of carbonyl (C=O) groups excluding carboxylic acids is 1. The molecule has 27 heavy (non-hydrogen) atoms. The average Bonchev–Trinajstić information content (AvgIpc) is 3.32. The fraction of sp³-hybridized carbons (Fsp3) is 0.235. The van der Waals surface area contributed by atoms with Gasteiger partial charge in [-0.05, 0) is 36.2 Å². The number of furan rings is 1. The van der Waals surface area contributed by atoms with E-state index >= 15 is 0 Å². The molecule has 0 aliphatic carbocycles. The van der Waals surface area contributed by atoms with Crippen molar-refractivity contribution in [1.29, 1.82) is 0 Å². The van der Waals surface area contributed by atoms with Gasteiger partial charge in [-0.2, -0.15) is 0 Å². The molecule has 1 N–H and O–H groups in total. The number of nitrogens with zero attached hydrogens (tertiary/aromatic N) is 2. The van der Waals surface area contributed by atoms with Crippen LogP contribution in [0.15, 0.2) is 56.7 Å². The molecule has 2 aromatic heterocycles. The fourth-order valence-electron chi connectivity index (χ4n) is 2.26. The van der Waals surface area contributed by atoms with E-state index in [9.17, 15) is 17.6 Å². The number of hydrogen-bond acceptors (Lipinski definition) is 7. The number of aryl methyl sites for hydroxylation is 1. The van der Waals surface area contributed by atoms with Crippen LogP contribution in [0.2, 0.25) is 0 Å². The van der Waals surface area contributed by atoms with Crippen molar-refractivity contribution >= 4 is 15.7 Å². The summed E-state index contributed by atoms with van der Waals surface area (Å²) in [5, 5.41) is 9.47. The first kappa shape index (κ1) is 18.8. The lowest BCUT2D eigenvalue weighted by Gasteiger charge is -2.01. The predicted molar refractivity (Wildman–Crippen MR) is 91.0 cm³/mol. The first-order valence-corrected chi connectivity index (χ1v) is 9.70. The van der Waals surface area contributed by atoms with Gasteiger partial charge in [-0.15, -0.1) is 5.10 Å². The van der Waals surface area contributed by atoms with Crippen LogP contribution in [0.4, 0.5) is 4.39 Å².